The van der Waals surface area contributed by atoms with E-state index in [1.165, 1.54) is 23.4 Å². The molecule has 5 heteroatoms. The Morgan fingerprint density at radius 2 is 2.06 bits per heavy atom. The molecule has 0 amide bonds. The monoisotopic (exact) mass is 256 g/mol. The highest BCUT2D eigenvalue weighted by atomic mass is 32.1. The van der Waals surface area contributed by atoms with Crippen molar-refractivity contribution in [1.29, 1.82) is 0 Å². The molecule has 17 heavy (non-hydrogen) atoms. The van der Waals surface area contributed by atoms with E-state index in [1.807, 2.05) is 11.3 Å². The molecule has 2 N–H and O–H groups in total. The predicted molar refractivity (Wildman–Crippen MR) is 68.2 cm³/mol. The Morgan fingerprint density at radius 3 is 2.76 bits per heavy atom. The van der Waals surface area contributed by atoms with Gasteiger partial charge in [0.2, 0.25) is 0 Å². The Kier molecular flexibility index (Phi) is 4.91. The molecule has 0 aromatic carbocycles. The first kappa shape index (κ1) is 13.0. The molecule has 0 spiro atoms. The highest BCUT2D eigenvalue weighted by molar-refractivity contribution is 7.11. The molecule has 0 aliphatic heterocycles. The highest BCUT2D eigenvalue weighted by Crippen LogP contribution is 2.28. The quantitative estimate of drug-likeness (QED) is 0.758. The number of thiazole rings is 1. The minimum atomic E-state index is 0.163. The summed E-state index contributed by atoms with van der Waals surface area (Å²) in [7, 11) is 0. The molecule has 0 atom stereocenters. The van der Waals surface area contributed by atoms with Gasteiger partial charge in [0.05, 0.1) is 18.8 Å². The summed E-state index contributed by atoms with van der Waals surface area (Å²) in [5.74, 6) is 0. The molecule has 0 unspecified atom stereocenters. The van der Waals surface area contributed by atoms with Crippen molar-refractivity contribution in [3.8, 4) is 0 Å². The lowest BCUT2D eigenvalue weighted by atomic mass is 10.3. The molecule has 1 aliphatic rings. The minimum Gasteiger partial charge on any atom is -0.396 e. The SMILES string of the molecule is OCCCN(CCO)Cc1nc2c(s1)CCC2. The van der Waals surface area contributed by atoms with Gasteiger partial charge in [0.1, 0.15) is 5.01 Å². The average molecular weight is 256 g/mol. The first-order valence-corrected chi connectivity index (χ1v) is 7.06. The maximum atomic E-state index is 9.01. The molecule has 0 saturated carbocycles. The van der Waals surface area contributed by atoms with Crippen LogP contribution in [0.3, 0.4) is 0 Å². The highest BCUT2D eigenvalue weighted by Gasteiger charge is 2.17. The van der Waals surface area contributed by atoms with Gasteiger partial charge in [-0.3, -0.25) is 4.90 Å². The third-order valence-electron chi connectivity index (χ3n) is 3.05. The Labute approximate surface area is 106 Å². The molecule has 1 aromatic rings. The Morgan fingerprint density at radius 1 is 1.18 bits per heavy atom. The molecule has 4 nitrogen and oxygen atoms in total. The lowest BCUT2D eigenvalue weighted by molar-refractivity contribution is 0.174. The van der Waals surface area contributed by atoms with E-state index in [-0.39, 0.29) is 13.2 Å². The van der Waals surface area contributed by atoms with Gasteiger partial charge in [0.25, 0.3) is 0 Å². The van der Waals surface area contributed by atoms with Crippen LogP contribution in [-0.4, -0.2) is 46.4 Å². The fraction of sp³-hybridized carbons (Fsp3) is 0.750. The second kappa shape index (κ2) is 6.44. The van der Waals surface area contributed by atoms with Crippen LogP contribution in [0, 0.1) is 0 Å². The molecular weight excluding hydrogens is 236 g/mol. The van der Waals surface area contributed by atoms with Gasteiger partial charge < -0.3 is 10.2 Å². The summed E-state index contributed by atoms with van der Waals surface area (Å²) in [6.45, 7) is 2.65. The van der Waals surface area contributed by atoms with Crippen LogP contribution in [0.15, 0.2) is 0 Å². The Balaban J connectivity index is 1.91. The van der Waals surface area contributed by atoms with E-state index in [0.29, 0.717) is 6.54 Å². The van der Waals surface area contributed by atoms with Gasteiger partial charge in [-0.05, 0) is 25.7 Å². The third kappa shape index (κ3) is 3.48. The zero-order valence-corrected chi connectivity index (χ0v) is 10.9. The predicted octanol–water partition coefficient (Wildman–Crippen LogP) is 0.808. The number of fused-ring (bicyclic) bond motifs is 1. The van der Waals surface area contributed by atoms with Crippen molar-refractivity contribution < 1.29 is 10.2 Å². The fourth-order valence-electron chi connectivity index (χ4n) is 2.21. The molecule has 1 heterocycles. The van der Waals surface area contributed by atoms with E-state index in [4.69, 9.17) is 10.2 Å². The maximum absolute atomic E-state index is 9.01. The summed E-state index contributed by atoms with van der Waals surface area (Å²) in [5.41, 5.74) is 1.29. The van der Waals surface area contributed by atoms with Crippen LogP contribution in [0.2, 0.25) is 0 Å². The molecule has 0 radical (unpaired) electrons. The van der Waals surface area contributed by atoms with E-state index in [0.717, 1.165) is 30.9 Å². The van der Waals surface area contributed by atoms with Gasteiger partial charge in [-0.25, -0.2) is 4.98 Å². The van der Waals surface area contributed by atoms with Crippen LogP contribution < -0.4 is 0 Å². The third-order valence-corrected chi connectivity index (χ3v) is 4.19. The van der Waals surface area contributed by atoms with Crippen LogP contribution in [-0.2, 0) is 19.4 Å². The standard InChI is InChI=1S/C12H20N2O2S/c15-7-2-5-14(6-8-16)9-12-13-10-3-1-4-11(10)17-12/h15-16H,1-9H2. The molecule has 2 rings (SSSR count). The summed E-state index contributed by atoms with van der Waals surface area (Å²) in [4.78, 5) is 8.26. The summed E-state index contributed by atoms with van der Waals surface area (Å²) in [6, 6.07) is 0. The van der Waals surface area contributed by atoms with Crippen molar-refractivity contribution in [2.75, 3.05) is 26.3 Å². The number of aliphatic hydroxyl groups excluding tert-OH is 2. The van der Waals surface area contributed by atoms with Crippen molar-refractivity contribution in [3.63, 3.8) is 0 Å². The van der Waals surface area contributed by atoms with Crippen molar-refractivity contribution in [1.82, 2.24) is 9.88 Å². The fourth-order valence-corrected chi connectivity index (χ4v) is 3.41. The van der Waals surface area contributed by atoms with E-state index < -0.39 is 0 Å². The van der Waals surface area contributed by atoms with Gasteiger partial charge >= 0.3 is 0 Å². The van der Waals surface area contributed by atoms with Crippen molar-refractivity contribution >= 4 is 11.3 Å². The molecule has 1 aromatic heterocycles. The van der Waals surface area contributed by atoms with Crippen LogP contribution in [0.1, 0.15) is 28.4 Å². The zero-order chi connectivity index (χ0) is 12.1. The summed E-state index contributed by atoms with van der Waals surface area (Å²) in [5, 5.41) is 19.0. The first-order chi connectivity index (χ1) is 8.33. The maximum Gasteiger partial charge on any atom is 0.107 e. The van der Waals surface area contributed by atoms with Gasteiger partial charge in [0.15, 0.2) is 0 Å². The average Bonchev–Trinajstić information content (AvgIpc) is 2.86. The van der Waals surface area contributed by atoms with Crippen LogP contribution >= 0.6 is 11.3 Å². The van der Waals surface area contributed by atoms with Gasteiger partial charge in [-0.2, -0.15) is 0 Å². The van der Waals surface area contributed by atoms with Crippen LogP contribution in [0.25, 0.3) is 0 Å². The molecule has 0 bridgehead atoms. The van der Waals surface area contributed by atoms with Crippen molar-refractivity contribution in [2.45, 2.75) is 32.2 Å². The van der Waals surface area contributed by atoms with E-state index in [9.17, 15) is 0 Å². The number of nitrogens with zero attached hydrogens (tertiary/aromatic N) is 2. The van der Waals surface area contributed by atoms with Crippen molar-refractivity contribution in [3.05, 3.63) is 15.6 Å². The van der Waals surface area contributed by atoms with Crippen LogP contribution in [0.4, 0.5) is 0 Å². The molecule has 1 aliphatic carbocycles. The van der Waals surface area contributed by atoms with E-state index >= 15 is 0 Å². The van der Waals surface area contributed by atoms with E-state index in [2.05, 4.69) is 9.88 Å². The topological polar surface area (TPSA) is 56.6 Å². The normalized spacial score (nSPS) is 14.5. The molecule has 96 valence electrons. The van der Waals surface area contributed by atoms with Crippen LogP contribution in [0.5, 0.6) is 0 Å². The lowest BCUT2D eigenvalue weighted by Gasteiger charge is -2.19. The molecule has 0 fully saturated rings. The number of aliphatic hydroxyl groups is 2. The van der Waals surface area contributed by atoms with Gasteiger partial charge in [-0.1, -0.05) is 0 Å². The largest absolute Gasteiger partial charge is 0.396 e. The Bertz CT molecular complexity index is 333. The second-order valence-corrected chi connectivity index (χ2v) is 5.58. The first-order valence-electron chi connectivity index (χ1n) is 6.25. The number of aromatic nitrogens is 1. The lowest BCUT2D eigenvalue weighted by Crippen LogP contribution is -2.28. The van der Waals surface area contributed by atoms with Crippen molar-refractivity contribution in [2.24, 2.45) is 0 Å². The number of hydrogen-bond acceptors (Lipinski definition) is 5. The number of hydrogen-bond donors (Lipinski definition) is 2. The second-order valence-electron chi connectivity index (χ2n) is 4.41. The summed E-state index contributed by atoms with van der Waals surface area (Å²) in [6.07, 6.45) is 4.32. The molecular formula is C12H20N2O2S. The zero-order valence-electron chi connectivity index (χ0n) is 10.1. The smallest absolute Gasteiger partial charge is 0.107 e. The minimum absolute atomic E-state index is 0.163. The summed E-state index contributed by atoms with van der Waals surface area (Å²) < 4.78 is 0. The Hall–Kier alpha value is -0.490. The number of rotatable bonds is 7. The molecule has 0 saturated heterocycles. The van der Waals surface area contributed by atoms with E-state index in [1.54, 1.807) is 0 Å². The van der Waals surface area contributed by atoms with Gasteiger partial charge in [0, 0.05) is 24.6 Å². The summed E-state index contributed by atoms with van der Waals surface area (Å²) >= 11 is 1.81. The number of aryl methyl sites for hydroxylation is 2. The van der Waals surface area contributed by atoms with Gasteiger partial charge in [-0.15, -0.1) is 11.3 Å².